The van der Waals surface area contributed by atoms with E-state index in [0.717, 1.165) is 10.4 Å². The summed E-state index contributed by atoms with van der Waals surface area (Å²) in [5.74, 6) is -0.872. The maximum atomic E-state index is 12.5. The largest absolute Gasteiger partial charge is 0.466 e. The molecular weight excluding hydrogens is 340 g/mol. The van der Waals surface area contributed by atoms with Gasteiger partial charge in [0.1, 0.15) is 5.70 Å². The van der Waals surface area contributed by atoms with E-state index in [1.807, 2.05) is 41.8 Å². The van der Waals surface area contributed by atoms with E-state index in [4.69, 9.17) is 9.84 Å². The topological polar surface area (TPSA) is 78.9 Å². The van der Waals surface area contributed by atoms with E-state index in [-0.39, 0.29) is 36.9 Å². The molecule has 0 spiro atoms. The maximum absolute atomic E-state index is 12.5. The van der Waals surface area contributed by atoms with Crippen LogP contribution in [0, 0.1) is 0 Å². The number of amides is 1. The second-order valence-electron chi connectivity index (χ2n) is 5.48. The van der Waals surface area contributed by atoms with Gasteiger partial charge in [0.2, 0.25) is 0 Å². The monoisotopic (exact) mass is 358 g/mol. The lowest BCUT2D eigenvalue weighted by atomic mass is 10.1. The summed E-state index contributed by atoms with van der Waals surface area (Å²) < 4.78 is 4.77. The van der Waals surface area contributed by atoms with Gasteiger partial charge in [-0.1, -0.05) is 18.2 Å². The molecule has 3 rings (SSSR count). The number of methoxy groups -OCH3 is 1. The quantitative estimate of drug-likeness (QED) is 0.773. The summed E-state index contributed by atoms with van der Waals surface area (Å²) in [5, 5.41) is 14.1. The number of rotatable bonds is 6. The van der Waals surface area contributed by atoms with Gasteiger partial charge in [0, 0.05) is 17.1 Å². The zero-order valence-electron chi connectivity index (χ0n) is 13.7. The molecule has 0 fully saturated rings. The number of benzene rings is 1. The van der Waals surface area contributed by atoms with Gasteiger partial charge in [-0.05, 0) is 29.1 Å². The SMILES string of the molecule is COC(=O)C1=C(Nc2ccc(-c3cccs3)cc2)C(=O)N(CCO)C1. The van der Waals surface area contributed by atoms with Crippen molar-refractivity contribution in [1.82, 2.24) is 4.90 Å². The smallest absolute Gasteiger partial charge is 0.337 e. The van der Waals surface area contributed by atoms with Crippen LogP contribution in [0.2, 0.25) is 0 Å². The lowest BCUT2D eigenvalue weighted by Gasteiger charge is -2.15. The fourth-order valence-corrected chi connectivity index (χ4v) is 3.39. The van der Waals surface area contributed by atoms with Crippen molar-refractivity contribution in [3.05, 3.63) is 53.0 Å². The standard InChI is InChI=1S/C18H18N2O4S/c1-24-18(23)14-11-20(8-9-21)17(22)16(14)19-13-6-4-12(5-7-13)15-3-2-10-25-15/h2-7,10,19,21H,8-9,11H2,1H3. The van der Waals surface area contributed by atoms with Crippen LogP contribution in [0.4, 0.5) is 5.69 Å². The molecule has 25 heavy (non-hydrogen) atoms. The fourth-order valence-electron chi connectivity index (χ4n) is 2.65. The Morgan fingerprint density at radius 2 is 2.08 bits per heavy atom. The summed E-state index contributed by atoms with van der Waals surface area (Å²) in [7, 11) is 1.28. The van der Waals surface area contributed by atoms with Crippen LogP contribution in [-0.4, -0.2) is 48.7 Å². The second kappa shape index (κ2) is 7.50. The third-order valence-electron chi connectivity index (χ3n) is 3.91. The van der Waals surface area contributed by atoms with E-state index in [9.17, 15) is 9.59 Å². The van der Waals surface area contributed by atoms with E-state index < -0.39 is 5.97 Å². The third kappa shape index (κ3) is 3.57. The van der Waals surface area contributed by atoms with Crippen LogP contribution in [0.3, 0.4) is 0 Å². The minimum absolute atomic E-state index is 0.127. The lowest BCUT2D eigenvalue weighted by Crippen LogP contribution is -2.31. The summed E-state index contributed by atoms with van der Waals surface area (Å²) in [6, 6.07) is 11.7. The Kier molecular flexibility index (Phi) is 5.16. The number of esters is 1. The minimum Gasteiger partial charge on any atom is -0.466 e. The Balaban J connectivity index is 1.83. The first-order valence-corrected chi connectivity index (χ1v) is 8.64. The number of thiophene rings is 1. The van der Waals surface area contributed by atoms with Gasteiger partial charge in [0.05, 0.1) is 25.8 Å². The van der Waals surface area contributed by atoms with Crippen LogP contribution in [0.15, 0.2) is 53.0 Å². The molecule has 2 aromatic rings. The zero-order valence-corrected chi connectivity index (χ0v) is 14.5. The molecule has 0 atom stereocenters. The Morgan fingerprint density at radius 3 is 2.68 bits per heavy atom. The predicted molar refractivity (Wildman–Crippen MR) is 96.1 cm³/mol. The summed E-state index contributed by atoms with van der Waals surface area (Å²) in [4.78, 5) is 27.0. The molecule has 1 aliphatic rings. The molecule has 130 valence electrons. The molecule has 1 aliphatic heterocycles. The highest BCUT2D eigenvalue weighted by Gasteiger charge is 2.34. The molecule has 2 heterocycles. The molecule has 0 unspecified atom stereocenters. The fraction of sp³-hybridized carbons (Fsp3) is 0.222. The van der Waals surface area contributed by atoms with Crippen molar-refractivity contribution in [2.24, 2.45) is 0 Å². The Labute approximate surface area is 149 Å². The number of nitrogens with one attached hydrogen (secondary N) is 1. The number of nitrogens with zero attached hydrogens (tertiary/aromatic N) is 1. The molecule has 0 saturated heterocycles. The molecule has 0 bridgehead atoms. The third-order valence-corrected chi connectivity index (χ3v) is 4.83. The van der Waals surface area contributed by atoms with Crippen LogP contribution in [0.25, 0.3) is 10.4 Å². The second-order valence-corrected chi connectivity index (χ2v) is 6.42. The number of aliphatic hydroxyl groups excluding tert-OH is 1. The first-order valence-electron chi connectivity index (χ1n) is 7.76. The van der Waals surface area contributed by atoms with Crippen LogP contribution in [0.5, 0.6) is 0 Å². The number of anilines is 1. The van der Waals surface area contributed by atoms with Crippen LogP contribution in [0.1, 0.15) is 0 Å². The minimum atomic E-state index is -0.550. The molecule has 2 N–H and O–H groups in total. The summed E-state index contributed by atoms with van der Waals surface area (Å²) in [6.45, 7) is 0.131. The van der Waals surface area contributed by atoms with Crippen molar-refractivity contribution in [3.8, 4) is 10.4 Å². The van der Waals surface area contributed by atoms with E-state index in [1.54, 1.807) is 11.3 Å². The number of aliphatic hydroxyl groups is 1. The van der Waals surface area contributed by atoms with Crippen molar-refractivity contribution in [1.29, 1.82) is 0 Å². The normalized spacial score (nSPS) is 14.2. The van der Waals surface area contributed by atoms with Gasteiger partial charge in [0.25, 0.3) is 5.91 Å². The van der Waals surface area contributed by atoms with Crippen LogP contribution < -0.4 is 5.32 Å². The zero-order chi connectivity index (χ0) is 17.8. The van der Waals surface area contributed by atoms with Gasteiger partial charge in [-0.3, -0.25) is 4.79 Å². The first kappa shape index (κ1) is 17.2. The first-order chi connectivity index (χ1) is 12.1. The van der Waals surface area contributed by atoms with E-state index in [1.165, 1.54) is 12.0 Å². The molecule has 0 saturated carbocycles. The molecule has 7 heteroatoms. The van der Waals surface area contributed by atoms with Gasteiger partial charge in [-0.2, -0.15) is 0 Å². The van der Waals surface area contributed by atoms with Crippen molar-refractivity contribution >= 4 is 28.9 Å². The Morgan fingerprint density at radius 1 is 1.32 bits per heavy atom. The molecule has 0 aliphatic carbocycles. The van der Waals surface area contributed by atoms with Crippen LogP contribution >= 0.6 is 11.3 Å². The van der Waals surface area contributed by atoms with E-state index >= 15 is 0 Å². The van der Waals surface area contributed by atoms with Gasteiger partial charge in [-0.15, -0.1) is 11.3 Å². The summed E-state index contributed by atoms with van der Waals surface area (Å²) in [6.07, 6.45) is 0. The van der Waals surface area contributed by atoms with Gasteiger partial charge in [0.15, 0.2) is 0 Å². The van der Waals surface area contributed by atoms with E-state index in [0.29, 0.717) is 5.69 Å². The maximum Gasteiger partial charge on any atom is 0.337 e. The lowest BCUT2D eigenvalue weighted by molar-refractivity contribution is -0.136. The number of β-amino-alcohol motifs (C(OH)–C–C–N with tert-alkyl or cyclic N) is 1. The molecule has 6 nitrogen and oxygen atoms in total. The van der Waals surface area contributed by atoms with Crippen molar-refractivity contribution in [2.75, 3.05) is 32.1 Å². The molecule has 1 aromatic carbocycles. The Hall–Kier alpha value is -2.64. The van der Waals surface area contributed by atoms with Crippen molar-refractivity contribution < 1.29 is 19.4 Å². The highest BCUT2D eigenvalue weighted by atomic mass is 32.1. The highest BCUT2D eigenvalue weighted by Crippen LogP contribution is 2.27. The number of hydrogen-bond donors (Lipinski definition) is 2. The molecule has 0 radical (unpaired) electrons. The van der Waals surface area contributed by atoms with Gasteiger partial charge >= 0.3 is 5.97 Å². The average Bonchev–Trinajstić information content (AvgIpc) is 3.26. The van der Waals surface area contributed by atoms with E-state index in [2.05, 4.69) is 5.32 Å². The average molecular weight is 358 g/mol. The van der Waals surface area contributed by atoms with Crippen LogP contribution in [-0.2, 0) is 14.3 Å². The van der Waals surface area contributed by atoms with Crippen molar-refractivity contribution in [2.45, 2.75) is 0 Å². The number of carbonyl (C=O) groups is 2. The molecule has 1 aromatic heterocycles. The van der Waals surface area contributed by atoms with Gasteiger partial charge in [-0.25, -0.2) is 4.79 Å². The summed E-state index contributed by atoms with van der Waals surface area (Å²) in [5.41, 5.74) is 2.26. The predicted octanol–water partition coefficient (Wildman–Crippen LogP) is 2.09. The van der Waals surface area contributed by atoms with Crippen molar-refractivity contribution in [3.63, 3.8) is 0 Å². The highest BCUT2D eigenvalue weighted by molar-refractivity contribution is 7.13. The summed E-state index contributed by atoms with van der Waals surface area (Å²) >= 11 is 1.65. The molecular formula is C18H18N2O4S. The molecule has 1 amide bonds. The number of carbonyl (C=O) groups excluding carboxylic acids is 2. The van der Waals surface area contributed by atoms with Gasteiger partial charge < -0.3 is 20.1 Å². The Bertz CT molecular complexity index is 797. The number of hydrogen-bond acceptors (Lipinski definition) is 6. The number of ether oxygens (including phenoxy) is 1.